The largest absolute Gasteiger partial charge is 0.357 e. The van der Waals surface area contributed by atoms with E-state index in [9.17, 15) is 5.26 Å². The van der Waals surface area contributed by atoms with E-state index >= 15 is 0 Å². The number of nitriles is 1. The number of nitrogens with one attached hydrogen (secondary N) is 1. The summed E-state index contributed by atoms with van der Waals surface area (Å²) in [5.74, 6) is 0.970. The number of nitrogens with zero attached hydrogens (tertiary/aromatic N) is 7. The summed E-state index contributed by atoms with van der Waals surface area (Å²) in [6.07, 6.45) is 13.4. The summed E-state index contributed by atoms with van der Waals surface area (Å²) in [6.45, 7) is 6.39. The van der Waals surface area contributed by atoms with Crippen molar-refractivity contribution < 1.29 is 0 Å². The van der Waals surface area contributed by atoms with E-state index in [4.69, 9.17) is 9.97 Å². The lowest BCUT2D eigenvalue weighted by Crippen LogP contribution is -2.26. The Morgan fingerprint density at radius 1 is 1.06 bits per heavy atom. The minimum atomic E-state index is 0.484. The molecule has 8 nitrogen and oxygen atoms in total. The maximum atomic E-state index is 9.56. The zero-order valence-corrected chi connectivity index (χ0v) is 17.9. The Kier molecular flexibility index (Phi) is 6.22. The molecule has 0 amide bonds. The van der Waals surface area contributed by atoms with E-state index in [1.807, 2.05) is 24.5 Å². The zero-order chi connectivity index (χ0) is 21.6. The van der Waals surface area contributed by atoms with Gasteiger partial charge in [0.1, 0.15) is 23.0 Å². The molecule has 8 heteroatoms. The van der Waals surface area contributed by atoms with Crippen LogP contribution in [0.15, 0.2) is 43.1 Å². The number of anilines is 1. The van der Waals surface area contributed by atoms with Crippen molar-refractivity contribution in [3.63, 3.8) is 0 Å². The van der Waals surface area contributed by atoms with Crippen LogP contribution in [0.25, 0.3) is 28.0 Å². The van der Waals surface area contributed by atoms with Crippen molar-refractivity contribution in [2.75, 3.05) is 18.0 Å². The fraction of sp³-hybridized carbons (Fsp3) is 0.348. The van der Waals surface area contributed by atoms with E-state index in [2.05, 4.69) is 40.1 Å². The summed E-state index contributed by atoms with van der Waals surface area (Å²) in [7, 11) is 0. The molecule has 0 aliphatic rings. The van der Waals surface area contributed by atoms with Gasteiger partial charge in [0.2, 0.25) is 0 Å². The Morgan fingerprint density at radius 2 is 1.97 bits per heavy atom. The standard InChI is InChI=1S/C23H26N8/c1-3-5-6-10-30(9-4-2)21-8-7-17(12-25-21)22-23-18(11-24)15-28-31(23)16-20(29-22)19-13-26-27-14-19/h7-8,12-16H,3-6,9-10H2,1-2H3,(H,26,27). The molecule has 0 saturated carbocycles. The van der Waals surface area contributed by atoms with Gasteiger partial charge in [-0.3, -0.25) is 5.10 Å². The number of hydrogen-bond acceptors (Lipinski definition) is 6. The van der Waals surface area contributed by atoms with Crippen LogP contribution in [0.2, 0.25) is 0 Å². The zero-order valence-electron chi connectivity index (χ0n) is 17.9. The third kappa shape index (κ3) is 4.26. The molecular formula is C23H26N8. The molecule has 0 saturated heterocycles. The molecule has 0 spiro atoms. The van der Waals surface area contributed by atoms with Gasteiger partial charge in [-0.25, -0.2) is 14.5 Å². The van der Waals surface area contributed by atoms with Crippen LogP contribution in [0.5, 0.6) is 0 Å². The van der Waals surface area contributed by atoms with Crippen LogP contribution in [0.1, 0.15) is 45.1 Å². The van der Waals surface area contributed by atoms with Crippen molar-refractivity contribution >= 4 is 11.3 Å². The maximum Gasteiger partial charge on any atom is 0.128 e. The van der Waals surface area contributed by atoms with Gasteiger partial charge in [-0.05, 0) is 25.0 Å². The number of aromatic amines is 1. The van der Waals surface area contributed by atoms with Crippen molar-refractivity contribution in [2.24, 2.45) is 0 Å². The van der Waals surface area contributed by atoms with Crippen molar-refractivity contribution in [2.45, 2.75) is 39.5 Å². The molecule has 4 rings (SSSR count). The van der Waals surface area contributed by atoms with Gasteiger partial charge in [-0.15, -0.1) is 0 Å². The first-order valence-corrected chi connectivity index (χ1v) is 10.7. The maximum absolute atomic E-state index is 9.56. The van der Waals surface area contributed by atoms with Crippen LogP contribution >= 0.6 is 0 Å². The monoisotopic (exact) mass is 414 g/mol. The predicted molar refractivity (Wildman–Crippen MR) is 121 cm³/mol. The Bertz CT molecular complexity index is 1170. The van der Waals surface area contributed by atoms with E-state index in [1.54, 1.807) is 23.1 Å². The summed E-state index contributed by atoms with van der Waals surface area (Å²) < 4.78 is 1.70. The van der Waals surface area contributed by atoms with Gasteiger partial charge in [0.05, 0.1) is 30.0 Å². The number of H-pyrrole nitrogens is 1. The van der Waals surface area contributed by atoms with Crippen LogP contribution in [0.4, 0.5) is 5.82 Å². The van der Waals surface area contributed by atoms with Crippen LogP contribution < -0.4 is 4.90 Å². The highest BCUT2D eigenvalue weighted by atomic mass is 15.2. The van der Waals surface area contributed by atoms with Gasteiger partial charge in [0, 0.05) is 36.6 Å². The number of hydrogen-bond donors (Lipinski definition) is 1. The lowest BCUT2D eigenvalue weighted by Gasteiger charge is -2.23. The topological polar surface area (TPSA) is 98.8 Å². The summed E-state index contributed by atoms with van der Waals surface area (Å²) in [5.41, 5.74) is 4.27. The third-order valence-electron chi connectivity index (χ3n) is 5.28. The van der Waals surface area contributed by atoms with Crippen LogP contribution in [-0.4, -0.2) is 42.9 Å². The van der Waals surface area contributed by atoms with Crippen molar-refractivity contribution in [1.29, 1.82) is 5.26 Å². The molecule has 0 aliphatic carbocycles. The number of pyridine rings is 1. The quantitative estimate of drug-likeness (QED) is 0.406. The molecule has 4 aromatic rings. The Labute approximate surface area is 181 Å². The lowest BCUT2D eigenvalue weighted by molar-refractivity contribution is 0.663. The number of rotatable bonds is 9. The second-order valence-corrected chi connectivity index (χ2v) is 7.52. The average Bonchev–Trinajstić information content (AvgIpc) is 3.48. The molecule has 0 aliphatic heterocycles. The normalized spacial score (nSPS) is 11.0. The van der Waals surface area contributed by atoms with E-state index in [0.717, 1.165) is 48.6 Å². The second kappa shape index (κ2) is 9.39. The first-order valence-electron chi connectivity index (χ1n) is 10.7. The summed E-state index contributed by atoms with van der Waals surface area (Å²) in [5, 5.41) is 20.7. The van der Waals surface area contributed by atoms with Crippen molar-refractivity contribution in [3.8, 4) is 28.6 Å². The first kappa shape index (κ1) is 20.5. The molecule has 0 aromatic carbocycles. The highest BCUT2D eigenvalue weighted by Crippen LogP contribution is 2.29. The summed E-state index contributed by atoms with van der Waals surface area (Å²) in [4.78, 5) is 11.9. The molecule has 0 fully saturated rings. The Hall–Kier alpha value is -3.73. The first-order chi connectivity index (χ1) is 15.2. The van der Waals surface area contributed by atoms with Gasteiger partial charge < -0.3 is 4.90 Å². The van der Waals surface area contributed by atoms with E-state index in [-0.39, 0.29) is 0 Å². The molecule has 158 valence electrons. The molecule has 0 bridgehead atoms. The molecule has 0 unspecified atom stereocenters. The minimum Gasteiger partial charge on any atom is -0.357 e. The van der Waals surface area contributed by atoms with Crippen LogP contribution in [0, 0.1) is 11.3 Å². The fourth-order valence-electron chi connectivity index (χ4n) is 3.70. The third-order valence-corrected chi connectivity index (χ3v) is 5.28. The van der Waals surface area contributed by atoms with Crippen LogP contribution in [0.3, 0.4) is 0 Å². The second-order valence-electron chi connectivity index (χ2n) is 7.52. The minimum absolute atomic E-state index is 0.484. The number of aromatic nitrogens is 6. The fourth-order valence-corrected chi connectivity index (χ4v) is 3.70. The highest BCUT2D eigenvalue weighted by Gasteiger charge is 2.16. The Morgan fingerprint density at radius 3 is 2.65 bits per heavy atom. The predicted octanol–water partition coefficient (Wildman–Crippen LogP) is 4.46. The number of fused-ring (bicyclic) bond motifs is 1. The van der Waals surface area contributed by atoms with Gasteiger partial charge in [0.15, 0.2) is 0 Å². The average molecular weight is 415 g/mol. The molecule has 4 aromatic heterocycles. The highest BCUT2D eigenvalue weighted by molar-refractivity contribution is 5.83. The summed E-state index contributed by atoms with van der Waals surface area (Å²) >= 11 is 0. The molecule has 31 heavy (non-hydrogen) atoms. The Balaban J connectivity index is 1.74. The molecule has 0 radical (unpaired) electrons. The SMILES string of the molecule is CCCCCN(CCC)c1ccc(-c2nc(-c3cn[nH]c3)cn3ncc(C#N)c23)cn1. The van der Waals surface area contributed by atoms with Crippen molar-refractivity contribution in [1.82, 2.24) is 29.8 Å². The van der Waals surface area contributed by atoms with E-state index < -0.39 is 0 Å². The lowest BCUT2D eigenvalue weighted by atomic mass is 10.1. The van der Waals surface area contributed by atoms with E-state index in [0.29, 0.717) is 16.8 Å². The smallest absolute Gasteiger partial charge is 0.128 e. The molecule has 1 N–H and O–H groups in total. The van der Waals surface area contributed by atoms with Gasteiger partial charge in [0.25, 0.3) is 0 Å². The number of unbranched alkanes of at least 4 members (excludes halogenated alkanes) is 2. The van der Waals surface area contributed by atoms with E-state index in [1.165, 1.54) is 12.8 Å². The van der Waals surface area contributed by atoms with Gasteiger partial charge in [-0.1, -0.05) is 26.7 Å². The molecular weight excluding hydrogens is 388 g/mol. The van der Waals surface area contributed by atoms with Crippen LogP contribution in [-0.2, 0) is 0 Å². The van der Waals surface area contributed by atoms with Gasteiger partial charge in [-0.2, -0.15) is 15.5 Å². The molecule has 4 heterocycles. The van der Waals surface area contributed by atoms with Gasteiger partial charge >= 0.3 is 0 Å². The summed E-state index contributed by atoms with van der Waals surface area (Å²) in [6, 6.07) is 6.29. The molecule has 0 atom stereocenters. The van der Waals surface area contributed by atoms with Crippen molar-refractivity contribution in [3.05, 3.63) is 48.7 Å².